The first-order valence-electron chi connectivity index (χ1n) is 8.12. The number of benzene rings is 2. The summed E-state index contributed by atoms with van der Waals surface area (Å²) in [5.41, 5.74) is 2.05. The Balaban J connectivity index is 1.80. The molecule has 0 amide bonds. The Bertz CT molecular complexity index is 1090. The quantitative estimate of drug-likeness (QED) is 0.386. The molecule has 0 aliphatic heterocycles. The first kappa shape index (κ1) is 18.2. The van der Waals surface area contributed by atoms with Gasteiger partial charge in [-0.25, -0.2) is 9.37 Å². The van der Waals surface area contributed by atoms with Crippen LogP contribution in [-0.4, -0.2) is 19.7 Å². The van der Waals surface area contributed by atoms with Gasteiger partial charge in [-0.05, 0) is 31.2 Å². The summed E-state index contributed by atoms with van der Waals surface area (Å²) in [6.07, 6.45) is 0. The van der Waals surface area contributed by atoms with Gasteiger partial charge in [0.1, 0.15) is 5.82 Å². The highest BCUT2D eigenvalue weighted by molar-refractivity contribution is 7.98. The van der Waals surface area contributed by atoms with Crippen molar-refractivity contribution in [1.29, 1.82) is 0 Å². The zero-order valence-corrected chi connectivity index (χ0v) is 16.7. The molecular weight excluding hydrogens is 403 g/mol. The summed E-state index contributed by atoms with van der Waals surface area (Å²) in [4.78, 5) is 4.47. The fourth-order valence-electron chi connectivity index (χ4n) is 2.64. The minimum Gasteiger partial charge on any atom is -0.267 e. The van der Waals surface area contributed by atoms with E-state index >= 15 is 0 Å². The highest BCUT2D eigenvalue weighted by atomic mass is 35.5. The fourth-order valence-corrected chi connectivity index (χ4v) is 4.42. The van der Waals surface area contributed by atoms with E-state index in [0.717, 1.165) is 10.7 Å². The maximum Gasteiger partial charge on any atom is 0.196 e. The van der Waals surface area contributed by atoms with Crippen LogP contribution in [0.1, 0.15) is 10.7 Å². The number of nitrogens with zero attached hydrogens (tertiary/aromatic N) is 4. The average molecular weight is 417 g/mol. The molecule has 27 heavy (non-hydrogen) atoms. The second kappa shape index (κ2) is 7.80. The molecule has 0 saturated carbocycles. The Kier molecular flexibility index (Phi) is 5.24. The summed E-state index contributed by atoms with van der Waals surface area (Å²) < 4.78 is 16.3. The molecule has 0 spiro atoms. The normalized spacial score (nSPS) is 11.1. The number of rotatable bonds is 5. The Morgan fingerprint density at radius 2 is 1.89 bits per heavy atom. The van der Waals surface area contributed by atoms with Gasteiger partial charge in [0.05, 0.1) is 21.4 Å². The lowest BCUT2D eigenvalue weighted by atomic mass is 10.2. The maximum absolute atomic E-state index is 14.6. The van der Waals surface area contributed by atoms with Gasteiger partial charge in [-0.1, -0.05) is 47.6 Å². The van der Waals surface area contributed by atoms with Gasteiger partial charge in [0.2, 0.25) is 0 Å². The van der Waals surface area contributed by atoms with E-state index in [2.05, 4.69) is 15.2 Å². The van der Waals surface area contributed by atoms with Crippen molar-refractivity contribution in [2.45, 2.75) is 17.8 Å². The highest BCUT2D eigenvalue weighted by Gasteiger charge is 2.20. The van der Waals surface area contributed by atoms with Crippen molar-refractivity contribution in [3.05, 3.63) is 75.5 Å². The molecule has 0 N–H and O–H groups in total. The van der Waals surface area contributed by atoms with E-state index in [1.807, 2.05) is 30.5 Å². The van der Waals surface area contributed by atoms with Crippen molar-refractivity contribution in [3.63, 3.8) is 0 Å². The van der Waals surface area contributed by atoms with Crippen molar-refractivity contribution >= 4 is 34.7 Å². The Morgan fingerprint density at radius 3 is 2.63 bits per heavy atom. The topological polar surface area (TPSA) is 43.6 Å². The summed E-state index contributed by atoms with van der Waals surface area (Å²) in [5, 5.41) is 12.8. The maximum atomic E-state index is 14.6. The van der Waals surface area contributed by atoms with E-state index in [4.69, 9.17) is 11.6 Å². The molecule has 0 radical (unpaired) electrons. The van der Waals surface area contributed by atoms with Gasteiger partial charge < -0.3 is 0 Å². The lowest BCUT2D eigenvalue weighted by Gasteiger charge is -2.11. The zero-order valence-electron chi connectivity index (χ0n) is 14.3. The van der Waals surface area contributed by atoms with Crippen LogP contribution < -0.4 is 0 Å². The molecule has 2 aromatic heterocycles. The molecular formula is C19H14ClFN4S2. The molecule has 2 aromatic carbocycles. The third-order valence-electron chi connectivity index (χ3n) is 3.86. The number of thioether (sulfide) groups is 1. The Morgan fingerprint density at radius 1 is 1.11 bits per heavy atom. The summed E-state index contributed by atoms with van der Waals surface area (Å²) in [6.45, 7) is 1.97. The van der Waals surface area contributed by atoms with Crippen LogP contribution in [-0.2, 0) is 5.75 Å². The van der Waals surface area contributed by atoms with E-state index in [1.165, 1.54) is 17.8 Å². The molecule has 2 heterocycles. The van der Waals surface area contributed by atoms with Crippen molar-refractivity contribution < 1.29 is 4.39 Å². The van der Waals surface area contributed by atoms with Crippen molar-refractivity contribution in [3.8, 4) is 17.1 Å². The number of aromatic nitrogens is 4. The predicted octanol–water partition coefficient (Wildman–Crippen LogP) is 5.78. The number of halogens is 2. The van der Waals surface area contributed by atoms with Gasteiger partial charge in [-0.3, -0.25) is 4.57 Å². The number of hydrogen-bond donors (Lipinski definition) is 0. The zero-order chi connectivity index (χ0) is 18.8. The summed E-state index contributed by atoms with van der Waals surface area (Å²) in [6, 6.07) is 13.9. The van der Waals surface area contributed by atoms with Crippen molar-refractivity contribution in [2.75, 3.05) is 0 Å². The van der Waals surface area contributed by atoms with Gasteiger partial charge >= 0.3 is 0 Å². The van der Waals surface area contributed by atoms with Gasteiger partial charge in [0, 0.05) is 16.7 Å². The minimum atomic E-state index is -0.350. The molecule has 0 bridgehead atoms. The van der Waals surface area contributed by atoms with Crippen molar-refractivity contribution in [2.24, 2.45) is 0 Å². The van der Waals surface area contributed by atoms with Crippen LogP contribution in [0.2, 0.25) is 5.02 Å². The lowest BCUT2D eigenvalue weighted by Crippen LogP contribution is -2.02. The summed E-state index contributed by atoms with van der Waals surface area (Å²) in [7, 11) is 0. The van der Waals surface area contributed by atoms with Crippen molar-refractivity contribution in [1.82, 2.24) is 19.7 Å². The largest absolute Gasteiger partial charge is 0.267 e. The third kappa shape index (κ3) is 3.76. The average Bonchev–Trinajstić information content (AvgIpc) is 3.27. The molecule has 0 fully saturated rings. The highest BCUT2D eigenvalue weighted by Crippen LogP contribution is 2.33. The summed E-state index contributed by atoms with van der Waals surface area (Å²) in [5.74, 6) is 0.777. The molecule has 136 valence electrons. The standard InChI is InChI=1S/C19H14ClFN4S2/c1-12-22-13(10-26-12)11-27-19-24-23-18(14-6-2-3-7-15(14)20)25(19)17-9-5-4-8-16(17)21/h2-10H,11H2,1H3. The van der Waals surface area contributed by atoms with Gasteiger partial charge in [-0.2, -0.15) is 0 Å². The van der Waals surface area contributed by atoms with Crippen LogP contribution in [0.25, 0.3) is 17.1 Å². The lowest BCUT2D eigenvalue weighted by molar-refractivity contribution is 0.613. The molecule has 0 aliphatic rings. The van der Waals surface area contributed by atoms with Crippen LogP contribution in [0.3, 0.4) is 0 Å². The molecule has 0 aliphatic carbocycles. The van der Waals surface area contributed by atoms with Gasteiger partial charge in [0.25, 0.3) is 0 Å². The number of aryl methyl sites for hydroxylation is 1. The monoisotopic (exact) mass is 416 g/mol. The molecule has 4 nitrogen and oxygen atoms in total. The third-order valence-corrected chi connectivity index (χ3v) is 5.97. The fraction of sp³-hybridized carbons (Fsp3) is 0.105. The number of hydrogen-bond acceptors (Lipinski definition) is 5. The molecule has 8 heteroatoms. The van der Waals surface area contributed by atoms with E-state index in [-0.39, 0.29) is 5.82 Å². The first-order chi connectivity index (χ1) is 13.1. The van der Waals surface area contributed by atoms with E-state index in [1.54, 1.807) is 40.2 Å². The van der Waals surface area contributed by atoms with E-state index in [9.17, 15) is 4.39 Å². The summed E-state index contributed by atoms with van der Waals surface area (Å²) >= 11 is 9.42. The van der Waals surface area contributed by atoms with Crippen LogP contribution in [0.15, 0.2) is 59.1 Å². The molecule has 0 atom stereocenters. The second-order valence-corrected chi connectivity index (χ2v) is 8.13. The van der Waals surface area contributed by atoms with Crippen LogP contribution in [0, 0.1) is 12.7 Å². The molecule has 4 aromatic rings. The molecule has 0 unspecified atom stereocenters. The van der Waals surface area contributed by atoms with E-state index in [0.29, 0.717) is 33.0 Å². The van der Waals surface area contributed by atoms with Crippen LogP contribution >= 0.6 is 34.7 Å². The smallest absolute Gasteiger partial charge is 0.196 e. The number of para-hydroxylation sites is 1. The predicted molar refractivity (Wildman–Crippen MR) is 108 cm³/mol. The van der Waals surface area contributed by atoms with Gasteiger partial charge in [-0.15, -0.1) is 21.5 Å². The second-order valence-electron chi connectivity index (χ2n) is 5.72. The Labute approximate surface area is 169 Å². The minimum absolute atomic E-state index is 0.350. The number of thiazole rings is 1. The van der Waals surface area contributed by atoms with Crippen LogP contribution in [0.4, 0.5) is 4.39 Å². The van der Waals surface area contributed by atoms with E-state index < -0.39 is 0 Å². The first-order valence-corrected chi connectivity index (χ1v) is 10.4. The van der Waals surface area contributed by atoms with Gasteiger partial charge in [0.15, 0.2) is 11.0 Å². The SMILES string of the molecule is Cc1nc(CSc2nnc(-c3ccccc3Cl)n2-c2ccccc2F)cs1. The van der Waals surface area contributed by atoms with Crippen LogP contribution in [0.5, 0.6) is 0 Å². The molecule has 0 saturated heterocycles. The molecule has 4 rings (SSSR count). The Hall–Kier alpha value is -2.22.